The summed E-state index contributed by atoms with van der Waals surface area (Å²) in [5.74, 6) is -1.13. The van der Waals surface area contributed by atoms with Crippen molar-refractivity contribution in [3.8, 4) is 0 Å². The van der Waals surface area contributed by atoms with Crippen LogP contribution in [0.2, 0.25) is 0 Å². The molecule has 6 nitrogen and oxygen atoms in total. The van der Waals surface area contributed by atoms with Gasteiger partial charge >= 0.3 is 5.97 Å². The van der Waals surface area contributed by atoms with Gasteiger partial charge in [0.25, 0.3) is 10.0 Å². The summed E-state index contributed by atoms with van der Waals surface area (Å²) in [4.78, 5) is 15.4. The quantitative estimate of drug-likeness (QED) is 0.911. The summed E-state index contributed by atoms with van der Waals surface area (Å²) < 4.78 is 26.7. The fourth-order valence-corrected chi connectivity index (χ4v) is 4.82. The number of hydrogen-bond acceptors (Lipinski definition) is 5. The van der Waals surface area contributed by atoms with Crippen LogP contribution in [0, 0.1) is 6.92 Å². The second-order valence-corrected chi connectivity index (χ2v) is 7.30. The Morgan fingerprint density at radius 3 is 2.48 bits per heavy atom. The van der Waals surface area contributed by atoms with Gasteiger partial charge in [0.2, 0.25) is 0 Å². The average Bonchev–Trinajstić information content (AvgIpc) is 2.83. The van der Waals surface area contributed by atoms with Gasteiger partial charge in [-0.2, -0.15) is 0 Å². The van der Waals surface area contributed by atoms with Gasteiger partial charge in [-0.25, -0.2) is 13.2 Å². The highest BCUT2D eigenvalue weighted by atomic mass is 32.2. The van der Waals surface area contributed by atoms with Crippen molar-refractivity contribution in [1.82, 2.24) is 4.98 Å². The number of aromatic carboxylic acids is 1. The number of nitrogens with zero attached hydrogens (tertiary/aromatic N) is 2. The molecular formula is C13H14N2O4S2. The van der Waals surface area contributed by atoms with E-state index in [1.54, 1.807) is 26.0 Å². The maximum atomic E-state index is 12.7. The monoisotopic (exact) mass is 326 g/mol. The van der Waals surface area contributed by atoms with E-state index in [0.717, 1.165) is 11.3 Å². The van der Waals surface area contributed by atoms with Crippen LogP contribution in [0.4, 0.5) is 5.69 Å². The standard InChI is InChI=1S/C13H14N2O4S2/c1-3-15(10-4-6-14-7-5-10)21(18,19)12-8-11(13(16)17)20-9(12)2/h4-8H,3H2,1-2H3,(H,16,17). The highest BCUT2D eigenvalue weighted by molar-refractivity contribution is 7.93. The normalized spacial score (nSPS) is 11.3. The molecule has 0 radical (unpaired) electrons. The number of sulfonamides is 1. The van der Waals surface area contributed by atoms with E-state index in [0.29, 0.717) is 10.6 Å². The number of aromatic nitrogens is 1. The van der Waals surface area contributed by atoms with Crippen LogP contribution in [0.1, 0.15) is 21.5 Å². The third-order valence-electron chi connectivity index (χ3n) is 2.89. The van der Waals surface area contributed by atoms with E-state index in [1.807, 2.05) is 0 Å². The molecule has 2 aromatic heterocycles. The summed E-state index contributed by atoms with van der Waals surface area (Å²) >= 11 is 0.955. The van der Waals surface area contributed by atoms with Crippen LogP contribution in [0.15, 0.2) is 35.5 Å². The fourth-order valence-electron chi connectivity index (χ4n) is 1.95. The van der Waals surface area contributed by atoms with Gasteiger partial charge in [-0.15, -0.1) is 11.3 Å². The molecule has 0 unspecified atom stereocenters. The minimum atomic E-state index is -3.79. The minimum Gasteiger partial charge on any atom is -0.477 e. The van der Waals surface area contributed by atoms with Gasteiger partial charge in [0.15, 0.2) is 0 Å². The van der Waals surface area contributed by atoms with Gasteiger partial charge in [-0.1, -0.05) is 0 Å². The zero-order chi connectivity index (χ0) is 15.6. The van der Waals surface area contributed by atoms with Gasteiger partial charge in [0.1, 0.15) is 9.77 Å². The molecule has 0 saturated carbocycles. The molecule has 21 heavy (non-hydrogen) atoms. The van der Waals surface area contributed by atoms with Crippen molar-refractivity contribution < 1.29 is 18.3 Å². The number of carboxylic acids is 1. The van der Waals surface area contributed by atoms with Crippen LogP contribution in [-0.4, -0.2) is 31.0 Å². The van der Waals surface area contributed by atoms with Crippen LogP contribution in [0.25, 0.3) is 0 Å². The van der Waals surface area contributed by atoms with E-state index in [4.69, 9.17) is 5.11 Å². The number of pyridine rings is 1. The molecule has 0 amide bonds. The zero-order valence-electron chi connectivity index (χ0n) is 11.5. The Labute approximate surface area is 126 Å². The molecule has 0 bridgehead atoms. The highest BCUT2D eigenvalue weighted by Gasteiger charge is 2.28. The number of rotatable bonds is 5. The molecule has 2 aromatic rings. The lowest BCUT2D eigenvalue weighted by molar-refractivity contribution is 0.0702. The molecule has 2 rings (SSSR count). The molecule has 0 aliphatic carbocycles. The molecule has 8 heteroatoms. The number of hydrogen-bond donors (Lipinski definition) is 1. The zero-order valence-corrected chi connectivity index (χ0v) is 13.1. The van der Waals surface area contributed by atoms with E-state index in [1.165, 1.54) is 22.8 Å². The third kappa shape index (κ3) is 2.91. The van der Waals surface area contributed by atoms with Crippen LogP contribution < -0.4 is 4.31 Å². The molecule has 0 atom stereocenters. The van der Waals surface area contributed by atoms with E-state index in [-0.39, 0.29) is 16.3 Å². The Hall–Kier alpha value is -1.93. The van der Waals surface area contributed by atoms with Crippen molar-refractivity contribution in [3.63, 3.8) is 0 Å². The Bertz CT molecular complexity index is 754. The summed E-state index contributed by atoms with van der Waals surface area (Å²) in [6.45, 7) is 3.56. The lowest BCUT2D eigenvalue weighted by Gasteiger charge is -2.22. The summed E-state index contributed by atoms with van der Waals surface area (Å²) in [5, 5.41) is 8.99. The Balaban J connectivity index is 2.52. The van der Waals surface area contributed by atoms with Gasteiger partial charge in [-0.05, 0) is 32.0 Å². The molecule has 0 spiro atoms. The van der Waals surface area contributed by atoms with Crippen molar-refractivity contribution in [2.45, 2.75) is 18.7 Å². The summed E-state index contributed by atoms with van der Waals surface area (Å²) in [6.07, 6.45) is 3.02. The van der Waals surface area contributed by atoms with Crippen molar-refractivity contribution >= 4 is 33.0 Å². The SMILES string of the molecule is CCN(c1ccncc1)S(=O)(=O)c1cc(C(=O)O)sc1C. The van der Waals surface area contributed by atoms with E-state index < -0.39 is 16.0 Å². The first-order chi connectivity index (χ1) is 9.87. The minimum absolute atomic E-state index is 0.0110. The van der Waals surface area contributed by atoms with Crippen LogP contribution >= 0.6 is 11.3 Å². The van der Waals surface area contributed by atoms with Crippen LogP contribution in [0.5, 0.6) is 0 Å². The molecule has 0 fully saturated rings. The molecule has 0 aliphatic rings. The van der Waals surface area contributed by atoms with E-state index in [2.05, 4.69) is 4.98 Å². The summed E-state index contributed by atoms with van der Waals surface area (Å²) in [7, 11) is -3.79. The highest BCUT2D eigenvalue weighted by Crippen LogP contribution is 2.30. The Kier molecular flexibility index (Phi) is 4.29. The number of thiophene rings is 1. The van der Waals surface area contributed by atoms with Crippen molar-refractivity contribution in [3.05, 3.63) is 40.3 Å². The first-order valence-corrected chi connectivity index (χ1v) is 8.40. The third-order valence-corrected chi connectivity index (χ3v) is 6.09. The molecule has 112 valence electrons. The summed E-state index contributed by atoms with van der Waals surface area (Å²) in [6, 6.07) is 4.41. The molecule has 0 saturated heterocycles. The number of carbonyl (C=O) groups is 1. The maximum Gasteiger partial charge on any atom is 0.345 e. The van der Waals surface area contributed by atoms with Gasteiger partial charge in [-0.3, -0.25) is 9.29 Å². The predicted octanol–water partition coefficient (Wildman–Crippen LogP) is 2.36. The van der Waals surface area contributed by atoms with Gasteiger partial charge in [0.05, 0.1) is 5.69 Å². The number of aryl methyl sites for hydroxylation is 1. The predicted molar refractivity (Wildman–Crippen MR) is 80.5 cm³/mol. The van der Waals surface area contributed by atoms with Crippen molar-refractivity contribution in [2.24, 2.45) is 0 Å². The second-order valence-electron chi connectivity index (χ2n) is 4.21. The van der Waals surface area contributed by atoms with Gasteiger partial charge in [0, 0.05) is 23.8 Å². The van der Waals surface area contributed by atoms with Crippen molar-refractivity contribution in [2.75, 3.05) is 10.8 Å². The molecular weight excluding hydrogens is 312 g/mol. The van der Waals surface area contributed by atoms with E-state index >= 15 is 0 Å². The topological polar surface area (TPSA) is 87.6 Å². The first-order valence-electron chi connectivity index (χ1n) is 6.14. The smallest absolute Gasteiger partial charge is 0.345 e. The Morgan fingerprint density at radius 2 is 2.00 bits per heavy atom. The maximum absolute atomic E-state index is 12.7. The van der Waals surface area contributed by atoms with Gasteiger partial charge < -0.3 is 5.11 Å². The number of carboxylic acid groups (broad SMARTS) is 1. The van der Waals surface area contributed by atoms with Crippen LogP contribution in [0.3, 0.4) is 0 Å². The lowest BCUT2D eigenvalue weighted by Crippen LogP contribution is -2.30. The van der Waals surface area contributed by atoms with E-state index in [9.17, 15) is 13.2 Å². The second kappa shape index (κ2) is 5.82. The fraction of sp³-hybridized carbons (Fsp3) is 0.231. The molecule has 2 heterocycles. The molecule has 0 aliphatic heterocycles. The average molecular weight is 326 g/mol. The Morgan fingerprint density at radius 1 is 1.38 bits per heavy atom. The van der Waals surface area contributed by atoms with Crippen molar-refractivity contribution in [1.29, 1.82) is 0 Å². The number of anilines is 1. The van der Waals surface area contributed by atoms with Crippen LogP contribution in [-0.2, 0) is 10.0 Å². The largest absolute Gasteiger partial charge is 0.477 e. The molecule has 1 N–H and O–H groups in total. The first kappa shape index (κ1) is 15.5. The molecule has 0 aromatic carbocycles. The lowest BCUT2D eigenvalue weighted by atomic mass is 10.4. The summed E-state index contributed by atoms with van der Waals surface area (Å²) in [5.41, 5.74) is 0.495.